The quantitative estimate of drug-likeness (QED) is 0.260. The number of amides is 3. The Morgan fingerprint density at radius 2 is 1.73 bits per heavy atom. The van der Waals surface area contributed by atoms with Crippen LogP contribution in [0.3, 0.4) is 0 Å². The topological polar surface area (TPSA) is 107 Å². The molecule has 12 heteroatoms. The number of aromatic nitrogens is 1. The molecule has 3 N–H and O–H groups in total. The number of benzene rings is 3. The first-order valence-corrected chi connectivity index (χ1v) is 13.9. The number of urea groups is 1. The Hall–Kier alpha value is -5.00. The van der Waals surface area contributed by atoms with Crippen LogP contribution < -0.4 is 20.9 Å². The number of fused-ring (bicyclic) bond motifs is 10. The molecule has 3 heterocycles. The largest absolute Gasteiger partial charge is 0.573 e. The lowest BCUT2D eigenvalue weighted by molar-refractivity contribution is -0.275. The number of pyridine rings is 1. The maximum Gasteiger partial charge on any atom is 0.573 e. The van der Waals surface area contributed by atoms with Crippen molar-refractivity contribution < 1.29 is 27.5 Å². The van der Waals surface area contributed by atoms with Gasteiger partial charge in [-0.2, -0.15) is 0 Å². The zero-order valence-corrected chi connectivity index (χ0v) is 24.6. The predicted octanol–water partition coefficient (Wildman–Crippen LogP) is 6.13. The Bertz CT molecular complexity index is 1790. The average molecular weight is 608 g/mol. The summed E-state index contributed by atoms with van der Waals surface area (Å²) in [6.45, 7) is 4.01. The molecular weight excluding hydrogens is 575 g/mol. The fourth-order valence-corrected chi connectivity index (χ4v) is 5.53. The normalized spacial score (nSPS) is 18.0. The molecule has 2 aliphatic heterocycles. The van der Waals surface area contributed by atoms with Crippen molar-refractivity contribution in [3.63, 3.8) is 0 Å². The van der Waals surface area contributed by atoms with Gasteiger partial charge < -0.3 is 30.2 Å². The summed E-state index contributed by atoms with van der Waals surface area (Å²) in [6.07, 6.45) is -3.41. The van der Waals surface area contributed by atoms with Crippen molar-refractivity contribution in [1.82, 2.24) is 14.8 Å². The number of carbonyl (C=O) groups is 2. The number of alkyl halides is 3. The molecule has 3 amide bonds. The molecule has 2 aliphatic rings. The number of rotatable bonds is 3. The van der Waals surface area contributed by atoms with Gasteiger partial charge in [0.25, 0.3) is 5.56 Å². The molecule has 4 aromatic rings. The highest BCUT2D eigenvalue weighted by Crippen LogP contribution is 2.32. The van der Waals surface area contributed by atoms with Crippen molar-refractivity contribution in [3.05, 3.63) is 99.5 Å². The molecule has 2 atom stereocenters. The zero-order chi connectivity index (χ0) is 31.8. The maximum atomic E-state index is 14.1. The van der Waals surface area contributed by atoms with Gasteiger partial charge in [0.1, 0.15) is 11.8 Å². The van der Waals surface area contributed by atoms with Crippen molar-refractivity contribution in [2.24, 2.45) is 0 Å². The lowest BCUT2D eigenvalue weighted by Crippen LogP contribution is -2.36. The van der Waals surface area contributed by atoms with Crippen LogP contribution in [0.15, 0.2) is 71.7 Å². The van der Waals surface area contributed by atoms with Gasteiger partial charge in [-0.25, -0.2) is 4.79 Å². The maximum absolute atomic E-state index is 14.1. The number of likely N-dealkylation sites (N-methyl/N-ethyl adjacent to an activating group) is 2. The van der Waals surface area contributed by atoms with E-state index in [1.54, 1.807) is 37.5 Å². The SMILES string of the molecule is Cc1cc2ccc1[C@@H](C)CN(C)C(=O)Nc1ccc(OC(F)(F)F)c(c1)CN(C)C(=O)C2Nc1ccc2cc[nH]c(=O)c2c1. The van der Waals surface area contributed by atoms with E-state index in [0.29, 0.717) is 23.2 Å². The second-order valence-electron chi connectivity index (χ2n) is 11.1. The van der Waals surface area contributed by atoms with E-state index in [1.807, 2.05) is 32.0 Å². The number of aromatic amines is 1. The van der Waals surface area contributed by atoms with Crippen LogP contribution in [0.2, 0.25) is 0 Å². The van der Waals surface area contributed by atoms with Crippen molar-refractivity contribution in [3.8, 4) is 5.75 Å². The average Bonchev–Trinajstić information content (AvgIpc) is 2.96. The fraction of sp³-hybridized carbons (Fsp3) is 0.281. The lowest BCUT2D eigenvalue weighted by Gasteiger charge is -2.29. The summed E-state index contributed by atoms with van der Waals surface area (Å²) in [5, 5.41) is 7.13. The second-order valence-corrected chi connectivity index (χ2v) is 11.1. The van der Waals surface area contributed by atoms with Crippen LogP contribution >= 0.6 is 0 Å². The van der Waals surface area contributed by atoms with Crippen LogP contribution in [0, 0.1) is 6.92 Å². The number of carbonyl (C=O) groups excluding carboxylic acids is 2. The summed E-state index contributed by atoms with van der Waals surface area (Å²) >= 11 is 0. The molecule has 230 valence electrons. The minimum absolute atomic E-state index is 0.0432. The number of halogens is 3. The first-order chi connectivity index (χ1) is 20.8. The summed E-state index contributed by atoms with van der Waals surface area (Å²) in [5.41, 5.74) is 3.04. The smallest absolute Gasteiger partial charge is 0.405 e. The Labute approximate surface area is 251 Å². The van der Waals surface area contributed by atoms with E-state index in [4.69, 9.17) is 0 Å². The molecular formula is C32H32F3N5O4. The van der Waals surface area contributed by atoms with Gasteiger partial charge >= 0.3 is 12.4 Å². The van der Waals surface area contributed by atoms with Crippen molar-refractivity contribution in [2.75, 3.05) is 31.3 Å². The van der Waals surface area contributed by atoms with Crippen molar-refractivity contribution in [2.45, 2.75) is 38.7 Å². The molecule has 0 aliphatic carbocycles. The first-order valence-electron chi connectivity index (χ1n) is 13.9. The van der Waals surface area contributed by atoms with Gasteiger partial charge in [0, 0.05) is 55.7 Å². The van der Waals surface area contributed by atoms with E-state index in [-0.39, 0.29) is 29.3 Å². The van der Waals surface area contributed by atoms with Crippen LogP contribution in [0.25, 0.3) is 10.8 Å². The minimum atomic E-state index is -4.97. The number of nitrogens with zero attached hydrogens (tertiary/aromatic N) is 2. The Balaban J connectivity index is 1.60. The minimum Gasteiger partial charge on any atom is -0.405 e. The number of anilines is 2. The van der Waals surface area contributed by atoms with E-state index in [1.165, 1.54) is 29.0 Å². The number of hydrogen-bond donors (Lipinski definition) is 3. The predicted molar refractivity (Wildman–Crippen MR) is 162 cm³/mol. The number of aryl methyl sites for hydroxylation is 1. The summed E-state index contributed by atoms with van der Waals surface area (Å²) in [5.74, 6) is -0.994. The third kappa shape index (κ3) is 6.64. The first kappa shape index (κ1) is 30.5. The molecule has 6 rings (SSSR count). The Morgan fingerprint density at radius 1 is 0.955 bits per heavy atom. The van der Waals surface area contributed by atoms with E-state index in [9.17, 15) is 27.6 Å². The highest BCUT2D eigenvalue weighted by Gasteiger charge is 2.33. The van der Waals surface area contributed by atoms with Gasteiger partial charge in [-0.05, 0) is 71.3 Å². The molecule has 4 bridgehead atoms. The second kappa shape index (κ2) is 11.9. The third-order valence-corrected chi connectivity index (χ3v) is 7.71. The molecule has 3 aromatic carbocycles. The molecule has 0 radical (unpaired) electrons. The molecule has 0 saturated carbocycles. The zero-order valence-electron chi connectivity index (χ0n) is 24.6. The van der Waals surface area contributed by atoms with Gasteiger partial charge in [-0.3, -0.25) is 9.59 Å². The standard InChI is InChI=1S/C32H32F3N5O4/c1-18-13-21-6-9-25(18)19(2)16-40(4)31(43)38-23-8-10-27(44-32(33,34)35)22(14-23)17-39(3)30(42)28(21)37-24-7-5-20-11-12-36-29(41)26(20)15-24/h5-15,19,28,37H,16-17H2,1-4H3,(H,36,41)(H,38,43)/t19-,28?/m0/s1. The lowest BCUT2D eigenvalue weighted by atomic mass is 9.92. The number of ether oxygens (including phenoxy) is 1. The summed E-state index contributed by atoms with van der Waals surface area (Å²) in [7, 11) is 3.12. The van der Waals surface area contributed by atoms with Crippen LogP contribution in [0.4, 0.5) is 29.3 Å². The summed E-state index contributed by atoms with van der Waals surface area (Å²) in [6, 6.07) is 15.0. The summed E-state index contributed by atoms with van der Waals surface area (Å²) < 4.78 is 44.1. The molecule has 1 unspecified atom stereocenters. The molecule has 0 spiro atoms. The van der Waals surface area contributed by atoms with Gasteiger partial charge in [0.2, 0.25) is 5.91 Å². The van der Waals surface area contributed by atoms with Crippen LogP contribution in [-0.4, -0.2) is 53.7 Å². The third-order valence-electron chi connectivity index (χ3n) is 7.71. The fourth-order valence-electron chi connectivity index (χ4n) is 5.53. The van der Waals surface area contributed by atoms with E-state index >= 15 is 0 Å². The van der Waals surface area contributed by atoms with Crippen molar-refractivity contribution >= 4 is 34.1 Å². The van der Waals surface area contributed by atoms with Gasteiger partial charge in [-0.1, -0.05) is 31.2 Å². The van der Waals surface area contributed by atoms with Crippen LogP contribution in [-0.2, 0) is 11.3 Å². The Morgan fingerprint density at radius 3 is 2.45 bits per heavy atom. The van der Waals surface area contributed by atoms with E-state index in [0.717, 1.165) is 22.6 Å². The highest BCUT2D eigenvalue weighted by molar-refractivity contribution is 5.90. The number of hydrogen-bond acceptors (Lipinski definition) is 5. The summed E-state index contributed by atoms with van der Waals surface area (Å²) in [4.78, 5) is 44.9. The molecule has 0 fully saturated rings. The Kier molecular flexibility index (Phi) is 8.27. The molecule has 1 aromatic heterocycles. The van der Waals surface area contributed by atoms with Gasteiger partial charge in [0.15, 0.2) is 0 Å². The van der Waals surface area contributed by atoms with E-state index < -0.39 is 30.1 Å². The van der Waals surface area contributed by atoms with Crippen molar-refractivity contribution in [1.29, 1.82) is 0 Å². The molecule has 9 nitrogen and oxygen atoms in total. The monoisotopic (exact) mass is 607 g/mol. The highest BCUT2D eigenvalue weighted by atomic mass is 19.4. The van der Waals surface area contributed by atoms with E-state index in [2.05, 4.69) is 20.4 Å². The van der Waals surface area contributed by atoms with Gasteiger partial charge in [-0.15, -0.1) is 13.2 Å². The molecule has 44 heavy (non-hydrogen) atoms. The van der Waals surface area contributed by atoms with Crippen LogP contribution in [0.5, 0.6) is 5.75 Å². The van der Waals surface area contributed by atoms with Gasteiger partial charge in [0.05, 0.1) is 0 Å². The number of H-pyrrole nitrogens is 1. The molecule has 0 saturated heterocycles. The van der Waals surface area contributed by atoms with Crippen LogP contribution in [0.1, 0.15) is 41.1 Å². The number of nitrogens with one attached hydrogen (secondary N) is 3.